The van der Waals surface area contributed by atoms with E-state index in [0.717, 1.165) is 0 Å². The molecule has 6 N–H and O–H groups in total. The Labute approximate surface area is 223 Å². The van der Waals surface area contributed by atoms with Crippen molar-refractivity contribution in [3.63, 3.8) is 0 Å². The Hall–Kier alpha value is -3.37. The largest absolute Gasteiger partial charge is 0.508 e. The molecule has 38 heavy (non-hydrogen) atoms. The highest BCUT2D eigenvalue weighted by Gasteiger charge is 2.30. The van der Waals surface area contributed by atoms with E-state index in [-0.39, 0.29) is 41.5 Å². The van der Waals surface area contributed by atoms with E-state index in [1.807, 2.05) is 6.92 Å². The average Bonchev–Trinajstić information content (AvgIpc) is 2.86. The molecule has 0 aliphatic carbocycles. The number of anilines is 1. The van der Waals surface area contributed by atoms with E-state index in [1.54, 1.807) is 32.9 Å². The first-order valence-corrected chi connectivity index (χ1v) is 12.7. The molecule has 0 radical (unpaired) electrons. The van der Waals surface area contributed by atoms with Crippen LogP contribution in [0, 0.1) is 17.8 Å². The van der Waals surface area contributed by atoms with Crippen LogP contribution in [0.1, 0.15) is 52.5 Å². The SMILES string of the molecule is CO[C@H]1C[C@H](C)Cc2c(O)ccc(c2O)NC(=O)/C(C)=C/CC[C@H](C=O)[C@@H](OC(N)=O)/C(C)=C/[C@H](C)[C@H]1O. The standard InChI is InChI=1S/C28H40N2O8/c1-15-11-20-22(32)10-9-21(25(20)34)30-27(35)16(2)7-6-8-19(14-31)26(38-28(29)36)18(4)13-17(3)24(33)23(12-15)37-5/h7,9-10,13-15,17,19,23-24,26,32-34H,6,8,11-12H2,1-5H3,(H2,29,36)(H,30,35)/b16-7+,18-13+/t15-,17+,19-,23+,24-,26+/m1/s1. The molecule has 2 amide bonds. The number of allylic oxidation sites excluding steroid dienone is 1. The third kappa shape index (κ3) is 8.06. The number of nitrogens with one attached hydrogen (secondary N) is 1. The van der Waals surface area contributed by atoms with Crippen molar-refractivity contribution >= 4 is 24.0 Å². The Balaban J connectivity index is 2.53. The predicted octanol–water partition coefficient (Wildman–Crippen LogP) is 3.58. The molecular weight excluding hydrogens is 492 g/mol. The molecule has 1 heterocycles. The van der Waals surface area contributed by atoms with E-state index < -0.39 is 42.1 Å². The van der Waals surface area contributed by atoms with Gasteiger partial charge in [0.15, 0.2) is 0 Å². The van der Waals surface area contributed by atoms with Crippen molar-refractivity contribution in [2.75, 3.05) is 12.4 Å². The van der Waals surface area contributed by atoms with Gasteiger partial charge in [0.1, 0.15) is 23.9 Å². The Morgan fingerprint density at radius 2 is 1.89 bits per heavy atom. The zero-order valence-corrected chi connectivity index (χ0v) is 22.6. The summed E-state index contributed by atoms with van der Waals surface area (Å²) < 4.78 is 10.9. The summed E-state index contributed by atoms with van der Waals surface area (Å²) in [4.78, 5) is 36.4. The minimum atomic E-state index is -1.03. The lowest BCUT2D eigenvalue weighted by Gasteiger charge is -2.29. The fraction of sp³-hybridized carbons (Fsp3) is 0.536. The molecule has 1 aromatic rings. The number of carbonyl (C=O) groups is 3. The molecule has 2 rings (SSSR count). The van der Waals surface area contributed by atoms with Gasteiger partial charge in [-0.1, -0.05) is 26.0 Å². The molecule has 0 saturated heterocycles. The molecule has 0 spiro atoms. The number of phenolic OH excluding ortho intramolecular Hbond substituents is 2. The first-order chi connectivity index (χ1) is 17.9. The van der Waals surface area contributed by atoms with Crippen LogP contribution >= 0.6 is 0 Å². The van der Waals surface area contributed by atoms with Gasteiger partial charge in [0.05, 0.1) is 23.8 Å². The van der Waals surface area contributed by atoms with Crippen LogP contribution in [0.25, 0.3) is 0 Å². The summed E-state index contributed by atoms with van der Waals surface area (Å²) in [6.45, 7) is 6.99. The van der Waals surface area contributed by atoms with Gasteiger partial charge < -0.3 is 40.6 Å². The highest BCUT2D eigenvalue weighted by molar-refractivity contribution is 6.04. The van der Waals surface area contributed by atoms with Crippen LogP contribution in [-0.4, -0.2) is 59.0 Å². The van der Waals surface area contributed by atoms with Crippen LogP contribution in [0.3, 0.4) is 0 Å². The number of hydrogen-bond acceptors (Lipinski definition) is 8. The van der Waals surface area contributed by atoms with Gasteiger partial charge in [-0.3, -0.25) is 4.79 Å². The van der Waals surface area contributed by atoms with Gasteiger partial charge in [-0.25, -0.2) is 4.79 Å². The Morgan fingerprint density at radius 3 is 2.50 bits per heavy atom. The maximum absolute atomic E-state index is 12.8. The van der Waals surface area contributed by atoms with Gasteiger partial charge >= 0.3 is 6.09 Å². The normalized spacial score (nSPS) is 30.7. The topological polar surface area (TPSA) is 168 Å². The van der Waals surface area contributed by atoms with Crippen molar-refractivity contribution < 1.29 is 39.2 Å². The summed E-state index contributed by atoms with van der Waals surface area (Å²) in [6.07, 6.45) is 1.81. The minimum absolute atomic E-state index is 0.104. The van der Waals surface area contributed by atoms with E-state index in [1.165, 1.54) is 19.2 Å². The smallest absolute Gasteiger partial charge is 0.405 e. The second-order valence-corrected chi connectivity index (χ2v) is 10.1. The quantitative estimate of drug-likeness (QED) is 0.170. The number of primary amides is 1. The maximum Gasteiger partial charge on any atom is 0.405 e. The molecule has 1 aliphatic rings. The number of aliphatic hydroxyl groups is 1. The molecule has 1 aliphatic heterocycles. The van der Waals surface area contributed by atoms with Gasteiger partial charge in [0, 0.05) is 24.2 Å². The average molecular weight is 533 g/mol. The summed E-state index contributed by atoms with van der Waals surface area (Å²) in [5.41, 5.74) is 6.62. The Kier molecular flexibility index (Phi) is 11.3. The van der Waals surface area contributed by atoms with Crippen LogP contribution in [-0.2, 0) is 25.5 Å². The van der Waals surface area contributed by atoms with Crippen LogP contribution in [0.15, 0.2) is 35.4 Å². The number of rotatable bonds is 3. The van der Waals surface area contributed by atoms with Gasteiger partial charge in [-0.15, -0.1) is 0 Å². The molecule has 6 atom stereocenters. The van der Waals surface area contributed by atoms with Crippen molar-refractivity contribution in [1.29, 1.82) is 0 Å². The molecule has 0 unspecified atom stereocenters. The number of nitrogens with two attached hydrogens (primary N) is 1. The Morgan fingerprint density at radius 1 is 1.21 bits per heavy atom. The van der Waals surface area contributed by atoms with E-state index in [2.05, 4.69) is 5.32 Å². The minimum Gasteiger partial charge on any atom is -0.508 e. The van der Waals surface area contributed by atoms with Crippen molar-refractivity contribution in [3.8, 4) is 11.5 Å². The van der Waals surface area contributed by atoms with Crippen molar-refractivity contribution in [2.24, 2.45) is 23.5 Å². The number of aliphatic hydroxyl groups excluding tert-OH is 1. The van der Waals surface area contributed by atoms with Gasteiger partial charge in [-0.05, 0) is 63.2 Å². The second kappa shape index (κ2) is 14.0. The zero-order chi connectivity index (χ0) is 28.6. The van der Waals surface area contributed by atoms with E-state index in [0.29, 0.717) is 30.3 Å². The van der Waals surface area contributed by atoms with Crippen molar-refractivity contribution in [2.45, 2.75) is 71.7 Å². The summed E-state index contributed by atoms with van der Waals surface area (Å²) in [6, 6.07) is 2.82. The van der Waals surface area contributed by atoms with Crippen LogP contribution in [0.5, 0.6) is 11.5 Å². The molecule has 1 aromatic carbocycles. The predicted molar refractivity (Wildman–Crippen MR) is 143 cm³/mol. The fourth-order valence-electron chi connectivity index (χ4n) is 4.82. The van der Waals surface area contributed by atoms with Gasteiger partial charge in [0.25, 0.3) is 5.91 Å². The van der Waals surface area contributed by atoms with E-state index in [9.17, 15) is 29.7 Å². The first-order valence-electron chi connectivity index (χ1n) is 12.7. The van der Waals surface area contributed by atoms with Gasteiger partial charge in [0.2, 0.25) is 0 Å². The lowest BCUT2D eigenvalue weighted by atomic mass is 9.86. The molecule has 0 saturated carbocycles. The number of phenols is 2. The summed E-state index contributed by atoms with van der Waals surface area (Å²) in [5, 5.41) is 35.0. The molecule has 0 aromatic heterocycles. The molecule has 210 valence electrons. The first kappa shape index (κ1) is 30.9. The van der Waals surface area contributed by atoms with Crippen molar-refractivity contribution in [1.82, 2.24) is 0 Å². The highest BCUT2D eigenvalue weighted by atomic mass is 16.6. The summed E-state index contributed by atoms with van der Waals surface area (Å²) in [7, 11) is 1.49. The maximum atomic E-state index is 12.8. The van der Waals surface area contributed by atoms with Gasteiger partial charge in [-0.2, -0.15) is 0 Å². The fourth-order valence-corrected chi connectivity index (χ4v) is 4.82. The third-order valence-corrected chi connectivity index (χ3v) is 7.01. The molecule has 0 fully saturated rings. The number of aromatic hydroxyl groups is 2. The van der Waals surface area contributed by atoms with Crippen molar-refractivity contribution in [3.05, 3.63) is 41.0 Å². The molecular formula is C28H40N2O8. The number of fused-ring (bicyclic) bond motifs is 2. The lowest BCUT2D eigenvalue weighted by Crippen LogP contribution is -2.36. The summed E-state index contributed by atoms with van der Waals surface area (Å²) >= 11 is 0. The van der Waals surface area contributed by atoms with E-state index >= 15 is 0 Å². The monoisotopic (exact) mass is 532 g/mol. The number of benzene rings is 1. The number of carbonyl (C=O) groups excluding carboxylic acids is 3. The Bertz CT molecular complexity index is 1070. The number of amides is 2. The number of aldehydes is 1. The number of methoxy groups -OCH3 is 1. The highest BCUT2D eigenvalue weighted by Crippen LogP contribution is 2.37. The third-order valence-electron chi connectivity index (χ3n) is 7.01. The second-order valence-electron chi connectivity index (χ2n) is 10.1. The molecule has 10 heteroatoms. The molecule has 2 bridgehead atoms. The zero-order valence-electron chi connectivity index (χ0n) is 22.6. The summed E-state index contributed by atoms with van der Waals surface area (Å²) in [5.74, 6) is -2.10. The lowest BCUT2D eigenvalue weighted by molar-refractivity contribution is -0.114. The number of hydrogen-bond donors (Lipinski definition) is 5. The van der Waals surface area contributed by atoms with Crippen LogP contribution in [0.4, 0.5) is 10.5 Å². The van der Waals surface area contributed by atoms with Crippen LogP contribution in [0.2, 0.25) is 0 Å². The molecule has 10 nitrogen and oxygen atoms in total. The van der Waals surface area contributed by atoms with E-state index in [4.69, 9.17) is 15.2 Å². The number of ether oxygens (including phenoxy) is 2. The van der Waals surface area contributed by atoms with Crippen LogP contribution < -0.4 is 11.1 Å².